The molecule has 0 radical (unpaired) electrons. The topological polar surface area (TPSA) is 50.7 Å². The quantitative estimate of drug-likeness (QED) is 0.244. The zero-order chi connectivity index (χ0) is 21.5. The van der Waals surface area contributed by atoms with Crippen LogP contribution >= 0.6 is 45.8 Å². The fourth-order valence-electron chi connectivity index (χ4n) is 3.58. The van der Waals surface area contributed by atoms with Gasteiger partial charge in [0.2, 0.25) is 0 Å². The Morgan fingerprint density at radius 1 is 0.968 bits per heavy atom. The Hall–Kier alpha value is -2.61. The molecule has 0 aliphatic carbocycles. The van der Waals surface area contributed by atoms with Gasteiger partial charge >= 0.3 is 0 Å². The molecule has 4 nitrogen and oxygen atoms in total. The van der Waals surface area contributed by atoms with E-state index in [9.17, 15) is 4.79 Å². The fraction of sp³-hybridized carbons (Fsp3) is 0. The van der Waals surface area contributed by atoms with Gasteiger partial charge in [-0.15, -0.1) is 0 Å². The highest BCUT2D eigenvalue weighted by atomic mass is 127. The zero-order valence-corrected chi connectivity index (χ0v) is 19.6. The molecule has 0 fully saturated rings. The van der Waals surface area contributed by atoms with Gasteiger partial charge in [0.05, 0.1) is 21.6 Å². The standard InChI is InChI=1S/C24H14Cl2IN3O/c25-15-6-9-22(19(26)11-15)30-23(29-21-8-7-16(27)12-18(21)24(30)31)10-5-14-13-28-20-4-2-1-3-17(14)20/h1-13,28H. The minimum atomic E-state index is -0.189. The maximum absolute atomic E-state index is 13.5. The number of aromatic nitrogens is 3. The van der Waals surface area contributed by atoms with Crippen molar-refractivity contribution in [1.29, 1.82) is 0 Å². The lowest BCUT2D eigenvalue weighted by molar-refractivity contribution is 0.944. The molecule has 0 aliphatic rings. The van der Waals surface area contributed by atoms with Crippen molar-refractivity contribution in [2.75, 3.05) is 0 Å². The molecule has 7 heteroatoms. The van der Waals surface area contributed by atoms with Crippen LogP contribution in [0.4, 0.5) is 0 Å². The van der Waals surface area contributed by atoms with E-state index in [2.05, 4.69) is 27.6 Å². The summed E-state index contributed by atoms with van der Waals surface area (Å²) >= 11 is 14.7. The number of para-hydroxylation sites is 1. The summed E-state index contributed by atoms with van der Waals surface area (Å²) in [5, 5.41) is 2.50. The monoisotopic (exact) mass is 557 g/mol. The van der Waals surface area contributed by atoms with Gasteiger partial charge in [0, 0.05) is 25.7 Å². The highest BCUT2D eigenvalue weighted by molar-refractivity contribution is 14.1. The number of nitrogens with one attached hydrogen (secondary N) is 1. The van der Waals surface area contributed by atoms with Crippen LogP contribution < -0.4 is 5.56 Å². The van der Waals surface area contributed by atoms with Gasteiger partial charge in [-0.3, -0.25) is 9.36 Å². The molecular formula is C24H14Cl2IN3O. The third-order valence-electron chi connectivity index (χ3n) is 5.04. The molecule has 3 aromatic carbocycles. The predicted octanol–water partition coefficient (Wildman–Crippen LogP) is 6.95. The number of aromatic amines is 1. The molecule has 0 bridgehead atoms. The van der Waals surface area contributed by atoms with Gasteiger partial charge in [-0.1, -0.05) is 41.4 Å². The van der Waals surface area contributed by atoms with Gasteiger partial charge in [-0.2, -0.15) is 0 Å². The molecule has 0 amide bonds. The normalized spacial score (nSPS) is 11.7. The number of hydrogen-bond acceptors (Lipinski definition) is 2. The van der Waals surface area contributed by atoms with E-state index < -0.39 is 0 Å². The SMILES string of the molecule is O=c1c2cc(I)ccc2nc(C=Cc2c[nH]c3ccccc23)n1-c1ccc(Cl)cc1Cl. The van der Waals surface area contributed by atoms with Crippen molar-refractivity contribution in [3.63, 3.8) is 0 Å². The number of H-pyrrole nitrogens is 1. The largest absolute Gasteiger partial charge is 0.361 e. The van der Waals surface area contributed by atoms with Crippen molar-refractivity contribution in [1.82, 2.24) is 14.5 Å². The second-order valence-corrected chi connectivity index (χ2v) is 9.08. The Labute approximate surface area is 201 Å². The van der Waals surface area contributed by atoms with E-state index in [-0.39, 0.29) is 5.56 Å². The number of benzene rings is 3. The lowest BCUT2D eigenvalue weighted by Gasteiger charge is -2.13. The molecule has 5 rings (SSSR count). The highest BCUT2D eigenvalue weighted by Gasteiger charge is 2.14. The number of rotatable bonds is 3. The molecule has 0 spiro atoms. The average molecular weight is 558 g/mol. The van der Waals surface area contributed by atoms with Crippen molar-refractivity contribution < 1.29 is 0 Å². The Balaban J connectivity index is 1.76. The smallest absolute Gasteiger partial charge is 0.266 e. The van der Waals surface area contributed by atoms with Crippen LogP contribution in [-0.4, -0.2) is 14.5 Å². The van der Waals surface area contributed by atoms with Gasteiger partial charge in [0.15, 0.2) is 0 Å². The molecule has 5 aromatic rings. The Morgan fingerprint density at radius 2 is 1.81 bits per heavy atom. The van der Waals surface area contributed by atoms with Crippen LogP contribution in [0.3, 0.4) is 0 Å². The van der Waals surface area contributed by atoms with Gasteiger partial charge < -0.3 is 4.98 Å². The Bertz CT molecular complexity index is 1550. The van der Waals surface area contributed by atoms with E-state index in [0.29, 0.717) is 32.5 Å². The van der Waals surface area contributed by atoms with Gasteiger partial charge in [0.25, 0.3) is 5.56 Å². The second kappa shape index (κ2) is 8.15. The minimum absolute atomic E-state index is 0.189. The van der Waals surface area contributed by atoms with Crippen LogP contribution in [0.25, 0.3) is 39.6 Å². The van der Waals surface area contributed by atoms with Crippen molar-refractivity contribution >= 4 is 79.8 Å². The maximum Gasteiger partial charge on any atom is 0.266 e. The van der Waals surface area contributed by atoms with E-state index >= 15 is 0 Å². The molecule has 2 heterocycles. The molecule has 0 atom stereocenters. The molecule has 0 aliphatic heterocycles. The Kier molecular flexibility index (Phi) is 5.33. The zero-order valence-electron chi connectivity index (χ0n) is 15.9. The van der Waals surface area contributed by atoms with Crippen LogP contribution in [0.5, 0.6) is 0 Å². The lowest BCUT2D eigenvalue weighted by atomic mass is 10.1. The summed E-state index contributed by atoms with van der Waals surface area (Å²) in [7, 11) is 0. The predicted molar refractivity (Wildman–Crippen MR) is 137 cm³/mol. The van der Waals surface area contributed by atoms with Crippen molar-refractivity contribution in [2.45, 2.75) is 0 Å². The second-order valence-electron chi connectivity index (χ2n) is 6.99. The van der Waals surface area contributed by atoms with Gasteiger partial charge in [-0.25, -0.2) is 4.98 Å². The summed E-state index contributed by atoms with van der Waals surface area (Å²) in [5.41, 5.74) is 3.02. The fourth-order valence-corrected chi connectivity index (χ4v) is 4.56. The molecular weight excluding hydrogens is 544 g/mol. The van der Waals surface area contributed by atoms with Crippen molar-refractivity contribution in [3.05, 3.63) is 102 Å². The van der Waals surface area contributed by atoms with E-state index in [1.165, 1.54) is 4.57 Å². The summed E-state index contributed by atoms with van der Waals surface area (Å²) in [5.74, 6) is 0.480. The van der Waals surface area contributed by atoms with Crippen LogP contribution in [0.15, 0.2) is 71.7 Å². The number of nitrogens with zero attached hydrogens (tertiary/aromatic N) is 2. The first-order chi connectivity index (χ1) is 15.0. The number of fused-ring (bicyclic) bond motifs is 2. The summed E-state index contributed by atoms with van der Waals surface area (Å²) in [6.45, 7) is 0. The highest BCUT2D eigenvalue weighted by Crippen LogP contribution is 2.26. The minimum Gasteiger partial charge on any atom is -0.361 e. The molecule has 0 saturated carbocycles. The first-order valence-electron chi connectivity index (χ1n) is 9.43. The summed E-state index contributed by atoms with van der Waals surface area (Å²) in [6, 6.07) is 18.7. The average Bonchev–Trinajstić information content (AvgIpc) is 3.17. The Morgan fingerprint density at radius 3 is 2.65 bits per heavy atom. The molecule has 2 aromatic heterocycles. The van der Waals surface area contributed by atoms with Crippen molar-refractivity contribution in [2.24, 2.45) is 0 Å². The summed E-state index contributed by atoms with van der Waals surface area (Å²) < 4.78 is 2.49. The van der Waals surface area contributed by atoms with E-state index in [1.807, 2.05) is 60.8 Å². The lowest BCUT2D eigenvalue weighted by Crippen LogP contribution is -2.22. The first-order valence-corrected chi connectivity index (χ1v) is 11.3. The first kappa shape index (κ1) is 20.3. The molecule has 31 heavy (non-hydrogen) atoms. The molecule has 0 saturated heterocycles. The molecule has 152 valence electrons. The summed E-state index contributed by atoms with van der Waals surface area (Å²) in [4.78, 5) is 21.5. The molecule has 1 N–H and O–H groups in total. The van der Waals surface area contributed by atoms with Crippen LogP contribution in [0.1, 0.15) is 11.4 Å². The van der Waals surface area contributed by atoms with E-state index in [0.717, 1.165) is 20.0 Å². The summed E-state index contributed by atoms with van der Waals surface area (Å²) in [6.07, 6.45) is 5.71. The molecule has 0 unspecified atom stereocenters. The van der Waals surface area contributed by atoms with Crippen molar-refractivity contribution in [3.8, 4) is 5.69 Å². The van der Waals surface area contributed by atoms with E-state index in [1.54, 1.807) is 18.2 Å². The van der Waals surface area contributed by atoms with Gasteiger partial charge in [-0.05, 0) is 82.8 Å². The number of hydrogen-bond donors (Lipinski definition) is 1. The maximum atomic E-state index is 13.5. The van der Waals surface area contributed by atoms with Crippen LogP contribution in [0.2, 0.25) is 10.0 Å². The number of halogens is 3. The van der Waals surface area contributed by atoms with E-state index in [4.69, 9.17) is 28.2 Å². The van der Waals surface area contributed by atoms with Crippen LogP contribution in [-0.2, 0) is 0 Å². The third-order valence-corrected chi connectivity index (χ3v) is 6.25. The third kappa shape index (κ3) is 3.78. The van der Waals surface area contributed by atoms with Gasteiger partial charge in [0.1, 0.15) is 5.82 Å². The van der Waals surface area contributed by atoms with Crippen LogP contribution in [0, 0.1) is 3.57 Å².